The van der Waals surface area contributed by atoms with E-state index in [-0.39, 0.29) is 0 Å². The molecule has 0 aromatic rings. The van der Waals surface area contributed by atoms with Crippen LogP contribution < -0.4 is 5.32 Å². The van der Waals surface area contributed by atoms with E-state index in [9.17, 15) is 4.79 Å². The molecule has 40 heavy (non-hydrogen) atoms. The van der Waals surface area contributed by atoms with Gasteiger partial charge < -0.3 is 9.74 Å². The third-order valence-corrected chi connectivity index (χ3v) is 11.9. The first-order chi connectivity index (χ1) is 19.4. The molecular formula is C35H73NO2SSi. The number of thioether (sulfide) groups is 1. The van der Waals surface area contributed by atoms with Crippen LogP contribution in [0.3, 0.4) is 0 Å². The Morgan fingerprint density at radius 3 is 1.52 bits per heavy atom. The Bertz CT molecular complexity index is 532. The Labute approximate surface area is 258 Å². The number of rotatable bonds is 32. The van der Waals surface area contributed by atoms with Gasteiger partial charge in [-0.3, -0.25) is 4.79 Å². The highest BCUT2D eigenvalue weighted by atomic mass is 32.2. The van der Waals surface area contributed by atoms with Crippen LogP contribution in [-0.4, -0.2) is 38.9 Å². The van der Waals surface area contributed by atoms with E-state index >= 15 is 0 Å². The van der Waals surface area contributed by atoms with E-state index in [1.165, 1.54) is 141 Å². The molecule has 0 aromatic heterocycles. The molecule has 0 saturated carbocycles. The van der Waals surface area contributed by atoms with Gasteiger partial charge in [0.15, 0.2) is 13.4 Å². The average Bonchev–Trinajstić information content (AvgIpc) is 2.94. The van der Waals surface area contributed by atoms with Gasteiger partial charge in [-0.2, -0.15) is 0 Å². The number of nitrogens with one attached hydrogen (secondary N) is 1. The molecule has 1 unspecified atom stereocenters. The Kier molecular flexibility index (Phi) is 30.7. The summed E-state index contributed by atoms with van der Waals surface area (Å²) in [7, 11) is 0.426. The molecule has 0 saturated heterocycles. The number of carbonyl (C=O) groups is 1. The van der Waals surface area contributed by atoms with Gasteiger partial charge >= 0.3 is 0 Å². The predicted molar refractivity (Wildman–Crippen MR) is 185 cm³/mol. The first-order valence-electron chi connectivity index (χ1n) is 17.9. The van der Waals surface area contributed by atoms with Gasteiger partial charge in [-0.05, 0) is 45.4 Å². The lowest BCUT2D eigenvalue weighted by Crippen LogP contribution is -2.38. The highest BCUT2D eigenvalue weighted by Crippen LogP contribution is 2.20. The molecule has 3 nitrogen and oxygen atoms in total. The Morgan fingerprint density at radius 2 is 1.07 bits per heavy atom. The summed E-state index contributed by atoms with van der Waals surface area (Å²) in [5, 5.41) is 3.89. The van der Waals surface area contributed by atoms with Crippen molar-refractivity contribution in [2.75, 3.05) is 19.4 Å². The molecule has 1 N–H and O–H groups in total. The first kappa shape index (κ1) is 40.2. The molecule has 0 spiro atoms. The quantitative estimate of drug-likeness (QED) is 0.0616. The zero-order valence-electron chi connectivity index (χ0n) is 28.1. The Hall–Kier alpha value is 0.157. The van der Waals surface area contributed by atoms with E-state index in [1.807, 2.05) is 0 Å². The first-order valence-corrected chi connectivity index (χ1v) is 22.0. The molecule has 0 fully saturated rings. The smallest absolute Gasteiger partial charge is 0.188 e. The van der Waals surface area contributed by atoms with E-state index in [0.29, 0.717) is 11.2 Å². The summed E-state index contributed by atoms with van der Waals surface area (Å²) in [6.07, 6.45) is 33.2. The molecule has 240 valence electrons. The van der Waals surface area contributed by atoms with Crippen molar-refractivity contribution in [2.24, 2.45) is 0 Å². The van der Waals surface area contributed by atoms with Crippen molar-refractivity contribution in [2.45, 2.75) is 200 Å². The summed E-state index contributed by atoms with van der Waals surface area (Å²) in [5.41, 5.74) is 0. The van der Waals surface area contributed by atoms with Gasteiger partial charge in [-0.15, -0.1) is 0 Å². The van der Waals surface area contributed by atoms with Crippen LogP contribution in [0.4, 0.5) is 0 Å². The minimum absolute atomic E-state index is 0.399. The largest absolute Gasteiger partial charge is 0.416 e. The van der Waals surface area contributed by atoms with Gasteiger partial charge in [-0.1, -0.05) is 160 Å². The Morgan fingerprint density at radius 1 is 0.650 bits per heavy atom. The maximum Gasteiger partial charge on any atom is 0.188 e. The van der Waals surface area contributed by atoms with Crippen molar-refractivity contribution in [3.63, 3.8) is 0 Å². The number of likely N-dealkylation sites (N-methyl/N-ethyl adjacent to an activating group) is 1. The van der Waals surface area contributed by atoms with Gasteiger partial charge in [0.1, 0.15) is 0 Å². The summed E-state index contributed by atoms with van der Waals surface area (Å²) in [4.78, 5) is 12.2. The molecule has 0 radical (unpaired) electrons. The standard InChI is InChI=1S/C35H73NO2SSi/c1-6-8-10-12-14-16-17-18-19-21-22-24-26-29-34(36-3)33-38-40(4,5)32-28-31-39-35(37)30-27-25-23-20-15-13-11-9-7-2/h34,36H,6-33H2,1-5H3. The molecule has 0 amide bonds. The van der Waals surface area contributed by atoms with Crippen LogP contribution in [0.5, 0.6) is 0 Å². The SMILES string of the molecule is CCCCCCCCCCCCCCCC(CO[Si](C)(C)CCCSC(=O)CCCCCCCCCCC)NC. The van der Waals surface area contributed by atoms with Crippen molar-refractivity contribution < 1.29 is 9.22 Å². The fourth-order valence-corrected chi connectivity index (χ4v) is 8.34. The van der Waals surface area contributed by atoms with Gasteiger partial charge in [0, 0.05) is 24.8 Å². The summed E-state index contributed by atoms with van der Waals surface area (Å²) in [6.45, 7) is 10.1. The van der Waals surface area contributed by atoms with Crippen LogP contribution in [0, 0.1) is 0 Å². The van der Waals surface area contributed by atoms with Crippen molar-refractivity contribution in [3.8, 4) is 0 Å². The minimum Gasteiger partial charge on any atom is -0.416 e. The van der Waals surface area contributed by atoms with Crippen LogP contribution in [0.1, 0.15) is 174 Å². The molecule has 1 atom stereocenters. The summed E-state index contributed by atoms with van der Waals surface area (Å²) in [5.74, 6) is 0.963. The van der Waals surface area contributed by atoms with Gasteiger partial charge in [0.05, 0.1) is 0 Å². The molecule has 0 aliphatic heterocycles. The highest BCUT2D eigenvalue weighted by Gasteiger charge is 2.23. The fraction of sp³-hybridized carbons (Fsp3) is 0.971. The fourth-order valence-electron chi connectivity index (χ4n) is 5.45. The van der Waals surface area contributed by atoms with Crippen LogP contribution in [-0.2, 0) is 9.22 Å². The van der Waals surface area contributed by atoms with Crippen molar-refractivity contribution >= 4 is 25.2 Å². The van der Waals surface area contributed by atoms with Crippen LogP contribution in [0.25, 0.3) is 0 Å². The van der Waals surface area contributed by atoms with Crippen molar-refractivity contribution in [1.29, 1.82) is 0 Å². The van der Waals surface area contributed by atoms with Crippen LogP contribution >= 0.6 is 11.8 Å². The maximum absolute atomic E-state index is 12.2. The van der Waals surface area contributed by atoms with E-state index < -0.39 is 8.32 Å². The lowest BCUT2D eigenvalue weighted by molar-refractivity contribution is -0.111. The summed E-state index contributed by atoms with van der Waals surface area (Å²) < 4.78 is 6.47. The molecule has 0 rings (SSSR count). The molecule has 0 heterocycles. The zero-order chi connectivity index (χ0) is 29.6. The monoisotopic (exact) mass is 600 g/mol. The van der Waals surface area contributed by atoms with E-state index in [4.69, 9.17) is 4.43 Å². The van der Waals surface area contributed by atoms with E-state index in [1.54, 1.807) is 11.8 Å². The normalized spacial score (nSPS) is 12.7. The molecule has 5 heteroatoms. The second-order valence-electron chi connectivity index (χ2n) is 13.0. The molecule has 0 aliphatic rings. The van der Waals surface area contributed by atoms with Crippen molar-refractivity contribution in [1.82, 2.24) is 5.32 Å². The summed E-state index contributed by atoms with van der Waals surface area (Å²) in [6, 6.07) is 1.63. The third kappa shape index (κ3) is 29.6. The third-order valence-electron chi connectivity index (χ3n) is 8.41. The Balaban J connectivity index is 3.64. The lowest BCUT2D eigenvalue weighted by Gasteiger charge is -2.26. The minimum atomic E-state index is -1.66. The van der Waals surface area contributed by atoms with E-state index in [0.717, 1.165) is 37.7 Å². The van der Waals surface area contributed by atoms with Gasteiger partial charge in [0.2, 0.25) is 0 Å². The average molecular weight is 600 g/mol. The summed E-state index contributed by atoms with van der Waals surface area (Å²) >= 11 is 1.56. The van der Waals surface area contributed by atoms with Crippen LogP contribution in [0.15, 0.2) is 0 Å². The number of hydrogen-bond donors (Lipinski definition) is 1. The van der Waals surface area contributed by atoms with Crippen molar-refractivity contribution in [3.05, 3.63) is 0 Å². The molecule has 0 bridgehead atoms. The highest BCUT2D eigenvalue weighted by molar-refractivity contribution is 8.13. The zero-order valence-corrected chi connectivity index (χ0v) is 29.9. The number of hydrogen-bond acceptors (Lipinski definition) is 4. The lowest BCUT2D eigenvalue weighted by atomic mass is 10.0. The van der Waals surface area contributed by atoms with E-state index in [2.05, 4.69) is 39.3 Å². The predicted octanol–water partition coefficient (Wildman–Crippen LogP) is 11.8. The second kappa shape index (κ2) is 30.6. The maximum atomic E-state index is 12.2. The van der Waals surface area contributed by atoms with Crippen LogP contribution in [0.2, 0.25) is 19.1 Å². The number of unbranched alkanes of at least 4 members (excludes halogenated alkanes) is 20. The molecule has 0 aliphatic carbocycles. The van der Waals surface area contributed by atoms with Gasteiger partial charge in [0.25, 0.3) is 0 Å². The molecule has 0 aromatic carbocycles. The van der Waals surface area contributed by atoms with Gasteiger partial charge in [-0.25, -0.2) is 0 Å². The second-order valence-corrected chi connectivity index (χ2v) is 18.5. The number of carbonyl (C=O) groups excluding carboxylic acids is 1. The topological polar surface area (TPSA) is 38.3 Å². The molecular weight excluding hydrogens is 527 g/mol.